The maximum atomic E-state index is 13.1. The number of ether oxygens (including phenoxy) is 1. The Labute approximate surface area is 160 Å². The van der Waals surface area contributed by atoms with Gasteiger partial charge in [0.25, 0.3) is 5.91 Å². The predicted molar refractivity (Wildman–Crippen MR) is 103 cm³/mol. The van der Waals surface area contributed by atoms with Crippen LogP contribution in [-0.4, -0.2) is 10.9 Å². The number of halogens is 1. The number of carbonyl (C=O) groups is 1. The van der Waals surface area contributed by atoms with Crippen molar-refractivity contribution in [3.05, 3.63) is 96.8 Å². The van der Waals surface area contributed by atoms with E-state index in [4.69, 9.17) is 9.15 Å². The zero-order valence-corrected chi connectivity index (χ0v) is 14.6. The van der Waals surface area contributed by atoms with Crippen molar-refractivity contribution in [3.8, 4) is 22.8 Å². The van der Waals surface area contributed by atoms with E-state index in [1.807, 2.05) is 30.3 Å². The van der Waals surface area contributed by atoms with E-state index in [2.05, 4.69) is 10.3 Å². The van der Waals surface area contributed by atoms with Crippen molar-refractivity contribution in [2.24, 2.45) is 0 Å². The van der Waals surface area contributed by atoms with Gasteiger partial charge in [-0.3, -0.25) is 9.78 Å². The second kappa shape index (κ2) is 7.75. The normalized spacial score (nSPS) is 10.5. The molecule has 0 atom stereocenters. The number of hydrogen-bond donors (Lipinski definition) is 1. The molecule has 0 spiro atoms. The molecule has 6 heteroatoms. The van der Waals surface area contributed by atoms with Crippen LogP contribution < -0.4 is 10.1 Å². The van der Waals surface area contributed by atoms with Gasteiger partial charge in [-0.05, 0) is 48.5 Å². The third-order valence-corrected chi connectivity index (χ3v) is 3.96. The van der Waals surface area contributed by atoms with E-state index in [1.54, 1.807) is 36.5 Å². The van der Waals surface area contributed by atoms with Gasteiger partial charge in [-0.25, -0.2) is 4.39 Å². The number of pyridine rings is 1. The van der Waals surface area contributed by atoms with Crippen molar-refractivity contribution in [3.63, 3.8) is 0 Å². The average molecular weight is 374 g/mol. The summed E-state index contributed by atoms with van der Waals surface area (Å²) in [6.45, 7) is 0. The molecule has 0 aliphatic rings. The molecule has 0 aliphatic carbocycles. The molecule has 28 heavy (non-hydrogen) atoms. The number of hydrogen-bond acceptors (Lipinski definition) is 4. The molecule has 0 saturated heterocycles. The molecular weight excluding hydrogens is 359 g/mol. The lowest BCUT2D eigenvalue weighted by atomic mass is 10.2. The maximum Gasteiger partial charge on any atom is 0.291 e. The van der Waals surface area contributed by atoms with Gasteiger partial charge in [0.1, 0.15) is 23.0 Å². The van der Waals surface area contributed by atoms with E-state index in [0.717, 1.165) is 0 Å². The van der Waals surface area contributed by atoms with Crippen LogP contribution in [0.2, 0.25) is 0 Å². The molecule has 4 aromatic rings. The third-order valence-electron chi connectivity index (χ3n) is 3.96. The number of furan rings is 1. The highest BCUT2D eigenvalue weighted by Crippen LogP contribution is 2.29. The highest BCUT2D eigenvalue weighted by molar-refractivity contribution is 6.03. The van der Waals surface area contributed by atoms with Crippen LogP contribution in [0.1, 0.15) is 10.6 Å². The lowest BCUT2D eigenvalue weighted by Gasteiger charge is -2.11. The molecule has 5 nitrogen and oxygen atoms in total. The van der Waals surface area contributed by atoms with Gasteiger partial charge in [0.05, 0.1) is 6.20 Å². The highest BCUT2D eigenvalue weighted by Gasteiger charge is 2.15. The molecule has 0 radical (unpaired) electrons. The van der Waals surface area contributed by atoms with E-state index in [9.17, 15) is 9.18 Å². The van der Waals surface area contributed by atoms with Crippen LogP contribution in [0.4, 0.5) is 10.1 Å². The summed E-state index contributed by atoms with van der Waals surface area (Å²) < 4.78 is 24.5. The van der Waals surface area contributed by atoms with E-state index in [0.29, 0.717) is 28.5 Å². The van der Waals surface area contributed by atoms with Gasteiger partial charge in [0, 0.05) is 17.8 Å². The summed E-state index contributed by atoms with van der Waals surface area (Å²) in [7, 11) is 0. The van der Waals surface area contributed by atoms with Crippen molar-refractivity contribution >= 4 is 11.6 Å². The number of nitrogens with zero attached hydrogens (tertiary/aromatic N) is 1. The number of rotatable bonds is 5. The lowest BCUT2D eigenvalue weighted by Crippen LogP contribution is -2.11. The number of carbonyl (C=O) groups excluding carboxylic acids is 1. The SMILES string of the molecule is O=C(Nc1cnccc1Oc1ccccc1)c1ccc(-c2ccc(F)cc2)o1. The maximum absolute atomic E-state index is 13.1. The number of nitrogens with one attached hydrogen (secondary N) is 1. The van der Waals surface area contributed by atoms with Crippen molar-refractivity contribution < 1.29 is 18.3 Å². The summed E-state index contributed by atoms with van der Waals surface area (Å²) in [6.07, 6.45) is 3.08. The summed E-state index contributed by atoms with van der Waals surface area (Å²) in [5.41, 5.74) is 1.09. The van der Waals surface area contributed by atoms with Crippen molar-refractivity contribution in [1.29, 1.82) is 0 Å². The molecule has 138 valence electrons. The minimum atomic E-state index is -0.445. The number of anilines is 1. The fourth-order valence-corrected chi connectivity index (χ4v) is 2.59. The summed E-state index contributed by atoms with van der Waals surface area (Å²) in [6, 6.07) is 19.9. The molecule has 4 rings (SSSR count). The van der Waals surface area contributed by atoms with Crippen LogP contribution in [0.25, 0.3) is 11.3 Å². The van der Waals surface area contributed by atoms with E-state index in [-0.39, 0.29) is 11.6 Å². The molecule has 2 aromatic carbocycles. The summed E-state index contributed by atoms with van der Waals surface area (Å²) in [5.74, 6) is 0.904. The van der Waals surface area contributed by atoms with Crippen molar-refractivity contribution in [2.75, 3.05) is 5.32 Å². The first-order chi connectivity index (χ1) is 13.7. The smallest absolute Gasteiger partial charge is 0.291 e. The largest absolute Gasteiger partial charge is 0.455 e. The second-order valence-electron chi connectivity index (χ2n) is 5.91. The Morgan fingerprint density at radius 1 is 0.964 bits per heavy atom. The lowest BCUT2D eigenvalue weighted by molar-refractivity contribution is 0.0997. The first kappa shape index (κ1) is 17.5. The van der Waals surface area contributed by atoms with Gasteiger partial charge in [0.2, 0.25) is 0 Å². The van der Waals surface area contributed by atoms with E-state index >= 15 is 0 Å². The third kappa shape index (κ3) is 3.91. The van der Waals surface area contributed by atoms with Crippen LogP contribution in [-0.2, 0) is 0 Å². The van der Waals surface area contributed by atoms with Crippen molar-refractivity contribution in [1.82, 2.24) is 4.98 Å². The van der Waals surface area contributed by atoms with Crippen LogP contribution in [0.3, 0.4) is 0 Å². The molecule has 0 fully saturated rings. The van der Waals surface area contributed by atoms with Crippen LogP contribution in [0.15, 0.2) is 89.6 Å². The molecule has 1 N–H and O–H groups in total. The van der Waals surface area contributed by atoms with Crippen LogP contribution in [0.5, 0.6) is 11.5 Å². The van der Waals surface area contributed by atoms with Crippen LogP contribution in [0, 0.1) is 5.82 Å². The van der Waals surface area contributed by atoms with Gasteiger partial charge in [-0.15, -0.1) is 0 Å². The van der Waals surface area contributed by atoms with Gasteiger partial charge < -0.3 is 14.5 Å². The van der Waals surface area contributed by atoms with Gasteiger partial charge in [0.15, 0.2) is 11.5 Å². The van der Waals surface area contributed by atoms with Gasteiger partial charge in [-0.2, -0.15) is 0 Å². The summed E-state index contributed by atoms with van der Waals surface area (Å²) in [4.78, 5) is 16.6. The minimum absolute atomic E-state index is 0.119. The summed E-state index contributed by atoms with van der Waals surface area (Å²) >= 11 is 0. The predicted octanol–water partition coefficient (Wildman–Crippen LogP) is 5.53. The van der Waals surface area contributed by atoms with E-state index < -0.39 is 5.91 Å². The number of amides is 1. The van der Waals surface area contributed by atoms with E-state index in [1.165, 1.54) is 18.3 Å². The minimum Gasteiger partial charge on any atom is -0.455 e. The second-order valence-corrected chi connectivity index (χ2v) is 5.91. The highest BCUT2D eigenvalue weighted by atomic mass is 19.1. The molecule has 2 aromatic heterocycles. The Balaban J connectivity index is 1.52. The quantitative estimate of drug-likeness (QED) is 0.499. The Morgan fingerprint density at radius 3 is 2.54 bits per heavy atom. The topological polar surface area (TPSA) is 64.4 Å². The Morgan fingerprint density at radius 2 is 1.75 bits per heavy atom. The molecule has 0 unspecified atom stereocenters. The summed E-state index contributed by atoms with van der Waals surface area (Å²) in [5, 5.41) is 2.74. The standard InChI is InChI=1S/C22H15FN2O3/c23-16-8-6-15(7-9-16)19-10-11-21(28-19)22(26)25-18-14-24-13-12-20(18)27-17-4-2-1-3-5-17/h1-14H,(H,25,26). The zero-order chi connectivity index (χ0) is 19.3. The first-order valence-electron chi connectivity index (χ1n) is 8.53. The molecular formula is C22H15FN2O3. The van der Waals surface area contributed by atoms with Gasteiger partial charge >= 0.3 is 0 Å². The average Bonchev–Trinajstić information content (AvgIpc) is 3.21. The molecule has 2 heterocycles. The number of para-hydroxylation sites is 1. The molecule has 0 bridgehead atoms. The number of benzene rings is 2. The Hall–Kier alpha value is -3.93. The van der Waals surface area contributed by atoms with Gasteiger partial charge in [-0.1, -0.05) is 18.2 Å². The Bertz CT molecular complexity index is 1090. The molecule has 0 saturated carbocycles. The molecule has 1 amide bonds. The number of aromatic nitrogens is 1. The Kier molecular flexibility index (Phi) is 4.84. The molecule has 0 aliphatic heterocycles. The fraction of sp³-hybridized carbons (Fsp3) is 0. The fourth-order valence-electron chi connectivity index (χ4n) is 2.59. The first-order valence-corrected chi connectivity index (χ1v) is 8.53. The van der Waals surface area contributed by atoms with Crippen molar-refractivity contribution in [2.45, 2.75) is 0 Å². The zero-order valence-electron chi connectivity index (χ0n) is 14.6. The monoisotopic (exact) mass is 374 g/mol. The van der Waals surface area contributed by atoms with Crippen LogP contribution >= 0.6 is 0 Å².